The third-order valence-electron chi connectivity index (χ3n) is 9.77. The second-order valence-electron chi connectivity index (χ2n) is 12.9. The van der Waals surface area contributed by atoms with Crippen LogP contribution >= 0.6 is 0 Å². The number of aryl methyl sites for hydroxylation is 1. The number of pyridine rings is 2. The molecular formula is C34H43N5O5. The third-order valence-corrected chi connectivity index (χ3v) is 9.77. The molecule has 3 aliphatic carbocycles. The Morgan fingerprint density at radius 3 is 2.41 bits per heavy atom. The van der Waals surface area contributed by atoms with Crippen molar-refractivity contribution < 1.29 is 23.8 Å². The molecule has 0 radical (unpaired) electrons. The summed E-state index contributed by atoms with van der Waals surface area (Å²) in [7, 11) is 1.65. The molecule has 2 N–H and O–H groups in total. The number of hydrogen-bond acceptors (Lipinski definition) is 7. The molecule has 3 saturated carbocycles. The molecule has 0 atom stereocenters. The maximum atomic E-state index is 14.2. The second-order valence-corrected chi connectivity index (χ2v) is 12.9. The molecular weight excluding hydrogens is 558 g/mol. The minimum Gasteiger partial charge on any atom is -0.481 e. The van der Waals surface area contributed by atoms with Crippen LogP contribution in [0, 0.1) is 24.7 Å². The molecule has 0 aliphatic heterocycles. The van der Waals surface area contributed by atoms with Crippen LogP contribution in [-0.2, 0) is 4.79 Å². The highest BCUT2D eigenvalue weighted by Crippen LogP contribution is 2.41. The number of rotatable bonds is 10. The van der Waals surface area contributed by atoms with E-state index in [4.69, 9.17) is 24.2 Å². The van der Waals surface area contributed by atoms with Gasteiger partial charge in [-0.05, 0) is 113 Å². The SMILES string of the molecule is COc1ncc(C2CCC(CN(C(=O)C3CCC(CNC(=O)O)CC3)c3cc(-c4coc(C5CC5)n4)ccn3)CC2)cc1C. The van der Waals surface area contributed by atoms with Gasteiger partial charge in [0, 0.05) is 48.4 Å². The van der Waals surface area contributed by atoms with E-state index in [0.717, 1.165) is 86.9 Å². The van der Waals surface area contributed by atoms with Crippen molar-refractivity contribution in [1.82, 2.24) is 20.3 Å². The van der Waals surface area contributed by atoms with Crippen LogP contribution in [-0.4, -0.2) is 52.3 Å². The highest BCUT2D eigenvalue weighted by atomic mass is 16.5. The summed E-state index contributed by atoms with van der Waals surface area (Å²) in [6.07, 6.45) is 14.0. The lowest BCUT2D eigenvalue weighted by molar-refractivity contribution is -0.123. The molecule has 3 fully saturated rings. The smallest absolute Gasteiger partial charge is 0.404 e. The van der Waals surface area contributed by atoms with Crippen molar-refractivity contribution in [3.05, 3.63) is 53.9 Å². The van der Waals surface area contributed by atoms with Crippen molar-refractivity contribution in [3.63, 3.8) is 0 Å². The highest BCUT2D eigenvalue weighted by molar-refractivity contribution is 5.94. The molecule has 3 aromatic heterocycles. The van der Waals surface area contributed by atoms with E-state index >= 15 is 0 Å². The summed E-state index contributed by atoms with van der Waals surface area (Å²) in [5, 5.41) is 11.5. The fourth-order valence-electron chi connectivity index (χ4n) is 6.98. The van der Waals surface area contributed by atoms with E-state index < -0.39 is 6.09 Å². The molecule has 0 spiro atoms. The number of oxazole rings is 1. The first-order valence-corrected chi connectivity index (χ1v) is 16.1. The quantitative estimate of drug-likeness (QED) is 0.262. The van der Waals surface area contributed by atoms with Crippen LogP contribution in [0.1, 0.15) is 93.1 Å². The number of amides is 2. The van der Waals surface area contributed by atoms with Crippen LogP contribution in [0.5, 0.6) is 5.88 Å². The van der Waals surface area contributed by atoms with Crippen LogP contribution in [0.15, 0.2) is 41.3 Å². The minimum absolute atomic E-state index is 0.0975. The lowest BCUT2D eigenvalue weighted by Crippen LogP contribution is -2.42. The maximum absolute atomic E-state index is 14.2. The van der Waals surface area contributed by atoms with Crippen molar-refractivity contribution in [2.24, 2.45) is 17.8 Å². The number of anilines is 1. The minimum atomic E-state index is -0.996. The zero-order chi connectivity index (χ0) is 30.6. The van der Waals surface area contributed by atoms with Gasteiger partial charge >= 0.3 is 6.09 Å². The molecule has 44 heavy (non-hydrogen) atoms. The molecule has 10 heteroatoms. The average Bonchev–Trinajstić information content (AvgIpc) is 3.78. The lowest BCUT2D eigenvalue weighted by atomic mass is 9.78. The van der Waals surface area contributed by atoms with Crippen LogP contribution in [0.3, 0.4) is 0 Å². The number of carbonyl (C=O) groups is 2. The molecule has 10 nitrogen and oxygen atoms in total. The van der Waals surface area contributed by atoms with E-state index in [1.807, 2.05) is 30.2 Å². The van der Waals surface area contributed by atoms with Gasteiger partial charge in [0.15, 0.2) is 5.89 Å². The largest absolute Gasteiger partial charge is 0.481 e. The van der Waals surface area contributed by atoms with Crippen molar-refractivity contribution >= 4 is 17.8 Å². The first kappa shape index (κ1) is 30.1. The Labute approximate surface area is 258 Å². The van der Waals surface area contributed by atoms with Gasteiger partial charge in [-0.15, -0.1) is 0 Å². The van der Waals surface area contributed by atoms with E-state index in [-0.39, 0.29) is 17.7 Å². The fourth-order valence-corrected chi connectivity index (χ4v) is 6.98. The van der Waals surface area contributed by atoms with Crippen LogP contribution in [0.2, 0.25) is 0 Å². The van der Waals surface area contributed by atoms with E-state index in [9.17, 15) is 9.59 Å². The number of methoxy groups -OCH3 is 1. The Bertz CT molecular complexity index is 1450. The normalized spacial score (nSPS) is 23.6. The molecule has 0 saturated heterocycles. The summed E-state index contributed by atoms with van der Waals surface area (Å²) in [6, 6.07) is 6.10. The van der Waals surface area contributed by atoms with Crippen LogP contribution in [0.25, 0.3) is 11.3 Å². The summed E-state index contributed by atoms with van der Waals surface area (Å²) in [6.45, 7) is 3.11. The predicted molar refractivity (Wildman–Crippen MR) is 166 cm³/mol. The maximum Gasteiger partial charge on any atom is 0.404 e. The zero-order valence-electron chi connectivity index (χ0n) is 25.7. The Morgan fingerprint density at radius 1 is 1.00 bits per heavy atom. The molecule has 0 aromatic carbocycles. The highest BCUT2D eigenvalue weighted by Gasteiger charge is 2.34. The van der Waals surface area contributed by atoms with Gasteiger partial charge in [-0.2, -0.15) is 0 Å². The molecule has 3 heterocycles. The molecule has 0 bridgehead atoms. The summed E-state index contributed by atoms with van der Waals surface area (Å²) >= 11 is 0. The third kappa shape index (κ3) is 7.05. The Balaban J connectivity index is 1.17. The number of carbonyl (C=O) groups excluding carboxylic acids is 1. The summed E-state index contributed by atoms with van der Waals surface area (Å²) < 4.78 is 11.1. The van der Waals surface area contributed by atoms with Crippen molar-refractivity contribution in [3.8, 4) is 17.1 Å². The monoisotopic (exact) mass is 601 g/mol. The number of nitrogens with one attached hydrogen (secondary N) is 1. The number of carboxylic acid groups (broad SMARTS) is 1. The lowest BCUT2D eigenvalue weighted by Gasteiger charge is -2.35. The van der Waals surface area contributed by atoms with Gasteiger partial charge in [0.1, 0.15) is 17.8 Å². The predicted octanol–water partition coefficient (Wildman–Crippen LogP) is 6.71. The van der Waals surface area contributed by atoms with E-state index in [0.29, 0.717) is 42.5 Å². The Morgan fingerprint density at radius 2 is 1.73 bits per heavy atom. The van der Waals surface area contributed by atoms with Crippen LogP contribution < -0.4 is 15.0 Å². The molecule has 3 aliphatic rings. The van der Waals surface area contributed by atoms with Crippen molar-refractivity contribution in [2.75, 3.05) is 25.1 Å². The zero-order valence-corrected chi connectivity index (χ0v) is 25.7. The number of nitrogens with zero attached hydrogens (tertiary/aromatic N) is 4. The fraction of sp³-hybridized carbons (Fsp3) is 0.559. The molecule has 2 amide bonds. The van der Waals surface area contributed by atoms with Gasteiger partial charge in [-0.1, -0.05) is 0 Å². The molecule has 0 unspecified atom stereocenters. The first-order chi connectivity index (χ1) is 21.4. The van der Waals surface area contributed by atoms with E-state index in [2.05, 4.69) is 16.4 Å². The number of aromatic nitrogens is 3. The average molecular weight is 602 g/mol. The summed E-state index contributed by atoms with van der Waals surface area (Å²) in [5.41, 5.74) is 3.99. The first-order valence-electron chi connectivity index (χ1n) is 16.1. The van der Waals surface area contributed by atoms with Gasteiger partial charge in [0.25, 0.3) is 0 Å². The molecule has 234 valence electrons. The standard InChI is InChI=1S/C34H43N5O5/c1-21-15-28(18-36-31(21)43-2)24-7-5-23(6-8-24)19-39(33(40)26-9-3-22(4-10-26)17-37-34(41)42)30-16-27(13-14-35-30)29-20-44-32(38-29)25-11-12-25/h13-16,18,20,22-26,37H,3-12,17,19H2,1-2H3,(H,41,42). The summed E-state index contributed by atoms with van der Waals surface area (Å²) in [5.74, 6) is 3.67. The summed E-state index contributed by atoms with van der Waals surface area (Å²) in [4.78, 5) is 41.0. The van der Waals surface area contributed by atoms with Gasteiger partial charge in [0.05, 0.1) is 7.11 Å². The van der Waals surface area contributed by atoms with E-state index in [1.54, 1.807) is 19.6 Å². The van der Waals surface area contributed by atoms with Gasteiger partial charge in [-0.3, -0.25) is 9.69 Å². The number of ether oxygens (including phenoxy) is 1. The van der Waals surface area contributed by atoms with Gasteiger partial charge in [-0.25, -0.2) is 19.7 Å². The Kier molecular flexibility index (Phi) is 9.14. The Hall–Kier alpha value is -3.95. The second kappa shape index (κ2) is 13.4. The van der Waals surface area contributed by atoms with Gasteiger partial charge < -0.3 is 19.6 Å². The molecule has 6 rings (SSSR count). The number of hydrogen-bond donors (Lipinski definition) is 2. The van der Waals surface area contributed by atoms with Crippen molar-refractivity contribution in [1.29, 1.82) is 0 Å². The topological polar surface area (TPSA) is 131 Å². The van der Waals surface area contributed by atoms with Gasteiger partial charge in [0.2, 0.25) is 11.8 Å². The van der Waals surface area contributed by atoms with Crippen LogP contribution in [0.4, 0.5) is 10.6 Å². The van der Waals surface area contributed by atoms with Crippen molar-refractivity contribution in [2.45, 2.75) is 83.0 Å². The molecule has 3 aromatic rings. The van der Waals surface area contributed by atoms with E-state index in [1.165, 1.54) is 5.56 Å².